The molecule has 144 valence electrons. The van der Waals surface area contributed by atoms with Gasteiger partial charge in [0.2, 0.25) is 0 Å². The third kappa shape index (κ3) is 4.48. The highest BCUT2D eigenvalue weighted by Crippen LogP contribution is 2.21. The minimum Gasteiger partial charge on any atom is -0.372 e. The van der Waals surface area contributed by atoms with Gasteiger partial charge >= 0.3 is 0 Å². The lowest BCUT2D eigenvalue weighted by molar-refractivity contribution is 0.0981. The molecule has 1 amide bonds. The van der Waals surface area contributed by atoms with Crippen LogP contribution in [0.2, 0.25) is 0 Å². The summed E-state index contributed by atoms with van der Waals surface area (Å²) in [5.74, 6) is -0.733. The molecule has 0 bridgehead atoms. The Kier molecular flexibility index (Phi) is 5.25. The highest BCUT2D eigenvalue weighted by molar-refractivity contribution is 7.91. The Morgan fingerprint density at radius 1 is 0.926 bits per heavy atom. The van der Waals surface area contributed by atoms with Gasteiger partial charge in [0.25, 0.3) is 15.9 Å². The van der Waals surface area contributed by atoms with Crippen LogP contribution in [0.5, 0.6) is 0 Å². The van der Waals surface area contributed by atoms with Crippen molar-refractivity contribution in [1.29, 1.82) is 0 Å². The smallest absolute Gasteiger partial charge is 0.265 e. The van der Waals surface area contributed by atoms with E-state index in [4.69, 9.17) is 0 Å². The number of rotatable bonds is 5. The van der Waals surface area contributed by atoms with Crippen molar-refractivity contribution >= 4 is 31.5 Å². The third-order valence-electron chi connectivity index (χ3n) is 4.37. The molecule has 2 aromatic rings. The molecule has 27 heavy (non-hydrogen) atoms. The standard InChI is InChI=1S/C18H20N2O5S2/c1-26(22,23)16-7-9-17(10-8-16)27(24,25)19-18(21)14-5-4-6-15(13-14)20-11-2-3-12-20/h4-10,13H,2-3,11-12H2,1H3,(H,19,21). The van der Waals surface area contributed by atoms with E-state index in [1.54, 1.807) is 18.2 Å². The number of nitrogens with zero attached hydrogens (tertiary/aromatic N) is 1. The normalized spacial score (nSPS) is 14.9. The van der Waals surface area contributed by atoms with Crippen LogP contribution in [-0.4, -0.2) is 42.1 Å². The lowest BCUT2D eigenvalue weighted by Crippen LogP contribution is -2.30. The fourth-order valence-electron chi connectivity index (χ4n) is 2.93. The molecule has 7 nitrogen and oxygen atoms in total. The molecule has 1 fully saturated rings. The summed E-state index contributed by atoms with van der Waals surface area (Å²) in [6.07, 6.45) is 3.22. The Labute approximate surface area is 159 Å². The summed E-state index contributed by atoms with van der Waals surface area (Å²) in [6.45, 7) is 1.83. The first-order chi connectivity index (χ1) is 12.7. The highest BCUT2D eigenvalue weighted by atomic mass is 32.2. The number of hydrogen-bond acceptors (Lipinski definition) is 6. The predicted molar refractivity (Wildman–Crippen MR) is 102 cm³/mol. The minimum atomic E-state index is -4.11. The zero-order valence-electron chi connectivity index (χ0n) is 14.8. The van der Waals surface area contributed by atoms with Gasteiger partial charge in [-0.3, -0.25) is 4.79 Å². The van der Waals surface area contributed by atoms with Crippen molar-refractivity contribution in [2.75, 3.05) is 24.2 Å². The first-order valence-electron chi connectivity index (χ1n) is 8.39. The van der Waals surface area contributed by atoms with Crippen molar-refractivity contribution in [3.63, 3.8) is 0 Å². The van der Waals surface area contributed by atoms with Crippen LogP contribution in [0.15, 0.2) is 58.3 Å². The van der Waals surface area contributed by atoms with Crippen molar-refractivity contribution in [3.8, 4) is 0 Å². The van der Waals surface area contributed by atoms with Crippen LogP contribution in [0.4, 0.5) is 5.69 Å². The maximum Gasteiger partial charge on any atom is 0.265 e. The Morgan fingerprint density at radius 3 is 2.11 bits per heavy atom. The molecule has 0 spiro atoms. The number of carbonyl (C=O) groups excluding carboxylic acids is 1. The van der Waals surface area contributed by atoms with Crippen LogP contribution < -0.4 is 9.62 Å². The molecule has 0 radical (unpaired) electrons. The lowest BCUT2D eigenvalue weighted by atomic mass is 10.2. The van der Waals surface area contributed by atoms with Crippen molar-refractivity contribution in [3.05, 3.63) is 54.1 Å². The minimum absolute atomic E-state index is 0.00564. The van der Waals surface area contributed by atoms with Gasteiger partial charge in [0, 0.05) is 30.6 Å². The van der Waals surface area contributed by atoms with Gasteiger partial charge < -0.3 is 4.90 Å². The van der Waals surface area contributed by atoms with E-state index < -0.39 is 25.8 Å². The van der Waals surface area contributed by atoms with Crippen LogP contribution in [-0.2, 0) is 19.9 Å². The molecule has 9 heteroatoms. The molecule has 1 aliphatic heterocycles. The van der Waals surface area contributed by atoms with Gasteiger partial charge in [0.15, 0.2) is 9.84 Å². The molecule has 0 aromatic heterocycles. The van der Waals surface area contributed by atoms with Gasteiger partial charge in [-0.1, -0.05) is 6.07 Å². The maximum absolute atomic E-state index is 12.4. The van der Waals surface area contributed by atoms with Gasteiger partial charge in [0.05, 0.1) is 9.79 Å². The highest BCUT2D eigenvalue weighted by Gasteiger charge is 2.21. The largest absolute Gasteiger partial charge is 0.372 e. The molecule has 1 aliphatic rings. The van der Waals surface area contributed by atoms with E-state index in [0.29, 0.717) is 0 Å². The Balaban J connectivity index is 1.79. The summed E-state index contributed by atoms with van der Waals surface area (Å²) in [4.78, 5) is 14.4. The van der Waals surface area contributed by atoms with Crippen LogP contribution in [0.1, 0.15) is 23.2 Å². The molecule has 0 saturated carbocycles. The third-order valence-corrected chi connectivity index (χ3v) is 6.84. The molecule has 0 unspecified atom stereocenters. The summed E-state index contributed by atoms with van der Waals surface area (Å²) in [7, 11) is -7.54. The number of carbonyl (C=O) groups is 1. The van der Waals surface area contributed by atoms with E-state index in [0.717, 1.165) is 50.0 Å². The average Bonchev–Trinajstić information content (AvgIpc) is 3.15. The fourth-order valence-corrected chi connectivity index (χ4v) is 4.53. The topological polar surface area (TPSA) is 101 Å². The molecule has 0 atom stereocenters. The van der Waals surface area contributed by atoms with E-state index in [1.165, 1.54) is 12.1 Å². The first kappa shape index (κ1) is 19.4. The Morgan fingerprint density at radius 2 is 1.52 bits per heavy atom. The lowest BCUT2D eigenvalue weighted by Gasteiger charge is -2.18. The number of anilines is 1. The molecular weight excluding hydrogens is 388 g/mol. The van der Waals surface area contributed by atoms with E-state index in [-0.39, 0.29) is 15.4 Å². The molecule has 3 rings (SSSR count). The summed E-state index contributed by atoms with van der Waals surface area (Å²) in [6, 6.07) is 11.5. The van der Waals surface area contributed by atoms with Crippen molar-refractivity contribution in [2.45, 2.75) is 22.6 Å². The van der Waals surface area contributed by atoms with Crippen molar-refractivity contribution < 1.29 is 21.6 Å². The Hall–Kier alpha value is -2.39. The number of nitrogens with one attached hydrogen (secondary N) is 1. The molecular formula is C18H20N2O5S2. The number of sulfonamides is 1. The first-order valence-corrected chi connectivity index (χ1v) is 11.8. The van der Waals surface area contributed by atoms with Gasteiger partial charge in [0.1, 0.15) is 0 Å². The second-order valence-electron chi connectivity index (χ2n) is 6.42. The monoisotopic (exact) mass is 408 g/mol. The summed E-state index contributed by atoms with van der Waals surface area (Å²) in [5, 5.41) is 0. The second-order valence-corrected chi connectivity index (χ2v) is 10.1. The van der Waals surface area contributed by atoms with E-state index in [2.05, 4.69) is 4.90 Å². The summed E-state index contributed by atoms with van der Waals surface area (Å²) in [5.41, 5.74) is 1.13. The number of hydrogen-bond donors (Lipinski definition) is 1. The van der Waals surface area contributed by atoms with E-state index >= 15 is 0 Å². The fraction of sp³-hybridized carbons (Fsp3) is 0.278. The molecule has 1 saturated heterocycles. The SMILES string of the molecule is CS(=O)(=O)c1ccc(S(=O)(=O)NC(=O)c2cccc(N3CCCC3)c2)cc1. The predicted octanol–water partition coefficient (Wildman–Crippen LogP) is 1.81. The van der Waals surface area contributed by atoms with Gasteiger partial charge in [-0.05, 0) is 55.3 Å². The molecule has 0 aliphatic carbocycles. The van der Waals surface area contributed by atoms with E-state index in [1.807, 2.05) is 10.8 Å². The number of benzene rings is 2. The van der Waals surface area contributed by atoms with Gasteiger partial charge in [-0.2, -0.15) is 0 Å². The van der Waals surface area contributed by atoms with Crippen molar-refractivity contribution in [2.24, 2.45) is 0 Å². The zero-order valence-corrected chi connectivity index (χ0v) is 16.4. The quantitative estimate of drug-likeness (QED) is 0.810. The maximum atomic E-state index is 12.4. The second kappa shape index (κ2) is 7.32. The van der Waals surface area contributed by atoms with Gasteiger partial charge in [-0.25, -0.2) is 21.6 Å². The average molecular weight is 409 g/mol. The number of amides is 1. The Bertz CT molecular complexity index is 1060. The van der Waals surface area contributed by atoms with Crippen LogP contribution in [0.25, 0.3) is 0 Å². The van der Waals surface area contributed by atoms with Crippen molar-refractivity contribution in [1.82, 2.24) is 4.72 Å². The van der Waals surface area contributed by atoms with Crippen LogP contribution in [0, 0.1) is 0 Å². The van der Waals surface area contributed by atoms with E-state index in [9.17, 15) is 21.6 Å². The molecule has 1 N–H and O–H groups in total. The van der Waals surface area contributed by atoms with Gasteiger partial charge in [-0.15, -0.1) is 0 Å². The number of sulfone groups is 1. The van der Waals surface area contributed by atoms with Crippen LogP contribution >= 0.6 is 0 Å². The van der Waals surface area contributed by atoms with Crippen LogP contribution in [0.3, 0.4) is 0 Å². The zero-order chi connectivity index (χ0) is 19.7. The summed E-state index contributed by atoms with van der Waals surface area (Å²) >= 11 is 0. The summed E-state index contributed by atoms with van der Waals surface area (Å²) < 4.78 is 49.8. The molecule has 2 aromatic carbocycles. The molecule has 1 heterocycles.